The Bertz CT molecular complexity index is 782. The molecule has 126 valence electrons. The van der Waals surface area contributed by atoms with Crippen LogP contribution in [0.5, 0.6) is 5.75 Å². The number of ether oxygens (including phenoxy) is 1. The minimum absolute atomic E-state index is 0.100. The molecule has 0 aliphatic rings. The van der Waals surface area contributed by atoms with E-state index in [9.17, 15) is 9.59 Å². The van der Waals surface area contributed by atoms with E-state index < -0.39 is 0 Å². The van der Waals surface area contributed by atoms with Gasteiger partial charge in [-0.1, -0.05) is 12.1 Å². The van der Waals surface area contributed by atoms with E-state index in [0.29, 0.717) is 22.6 Å². The van der Waals surface area contributed by atoms with Gasteiger partial charge < -0.3 is 15.0 Å². The number of methoxy groups -OCH3 is 1. The fourth-order valence-corrected chi connectivity index (χ4v) is 2.42. The van der Waals surface area contributed by atoms with Crippen LogP contribution in [0.2, 0.25) is 0 Å². The summed E-state index contributed by atoms with van der Waals surface area (Å²) in [4.78, 5) is 26.3. The van der Waals surface area contributed by atoms with Gasteiger partial charge in [-0.15, -0.1) is 0 Å². The number of rotatable bonds is 4. The van der Waals surface area contributed by atoms with Gasteiger partial charge in [-0.05, 0) is 49.2 Å². The molecule has 5 nitrogen and oxygen atoms in total. The number of benzene rings is 2. The van der Waals surface area contributed by atoms with E-state index in [1.165, 1.54) is 12.0 Å². The van der Waals surface area contributed by atoms with Crippen LogP contribution >= 0.6 is 0 Å². The van der Waals surface area contributed by atoms with Crippen LogP contribution in [0, 0.1) is 13.8 Å². The predicted molar refractivity (Wildman–Crippen MR) is 94.9 cm³/mol. The van der Waals surface area contributed by atoms with Crippen molar-refractivity contribution in [2.75, 3.05) is 26.5 Å². The van der Waals surface area contributed by atoms with E-state index in [-0.39, 0.29) is 11.8 Å². The van der Waals surface area contributed by atoms with Crippen molar-refractivity contribution in [3.05, 3.63) is 58.7 Å². The van der Waals surface area contributed by atoms with Crippen molar-refractivity contribution in [3.8, 4) is 5.75 Å². The lowest BCUT2D eigenvalue weighted by Crippen LogP contribution is -2.23. The minimum Gasteiger partial charge on any atom is -0.496 e. The lowest BCUT2D eigenvalue weighted by atomic mass is 10.0. The molecular weight excluding hydrogens is 304 g/mol. The van der Waals surface area contributed by atoms with Crippen molar-refractivity contribution in [3.63, 3.8) is 0 Å². The average molecular weight is 326 g/mol. The molecule has 0 unspecified atom stereocenters. The van der Waals surface area contributed by atoms with E-state index in [0.717, 1.165) is 11.1 Å². The van der Waals surface area contributed by atoms with E-state index in [1.54, 1.807) is 38.4 Å². The quantitative estimate of drug-likeness (QED) is 0.938. The zero-order chi connectivity index (χ0) is 17.9. The molecule has 2 aromatic carbocycles. The largest absolute Gasteiger partial charge is 0.496 e. The van der Waals surface area contributed by atoms with Gasteiger partial charge in [0.15, 0.2) is 0 Å². The summed E-state index contributed by atoms with van der Waals surface area (Å²) >= 11 is 0. The number of carbonyl (C=O) groups is 2. The van der Waals surface area contributed by atoms with Gasteiger partial charge in [0, 0.05) is 25.3 Å². The topological polar surface area (TPSA) is 58.6 Å². The molecule has 2 rings (SSSR count). The van der Waals surface area contributed by atoms with Crippen LogP contribution in [0.3, 0.4) is 0 Å². The molecule has 2 aromatic rings. The number of carbonyl (C=O) groups excluding carboxylic acids is 2. The number of aryl methyl sites for hydroxylation is 1. The van der Waals surface area contributed by atoms with Crippen LogP contribution in [0.1, 0.15) is 31.8 Å². The highest BCUT2D eigenvalue weighted by Crippen LogP contribution is 2.24. The molecule has 2 amide bonds. The fraction of sp³-hybridized carbons (Fsp3) is 0.263. The molecule has 0 aromatic heterocycles. The van der Waals surface area contributed by atoms with Gasteiger partial charge in [0.25, 0.3) is 11.8 Å². The molecule has 0 saturated heterocycles. The molecular formula is C19H22N2O3. The van der Waals surface area contributed by atoms with Gasteiger partial charge in [-0.25, -0.2) is 0 Å². The Hall–Kier alpha value is -2.82. The number of hydrogen-bond acceptors (Lipinski definition) is 3. The van der Waals surface area contributed by atoms with Gasteiger partial charge in [0.05, 0.1) is 12.7 Å². The number of nitrogens with one attached hydrogen (secondary N) is 1. The molecule has 0 spiro atoms. The summed E-state index contributed by atoms with van der Waals surface area (Å²) in [7, 11) is 4.93. The molecule has 0 aliphatic carbocycles. The monoisotopic (exact) mass is 326 g/mol. The number of amides is 2. The van der Waals surface area contributed by atoms with E-state index in [4.69, 9.17) is 4.74 Å². The lowest BCUT2D eigenvalue weighted by Gasteiger charge is -2.16. The smallest absolute Gasteiger partial charge is 0.259 e. The normalized spacial score (nSPS) is 10.2. The van der Waals surface area contributed by atoms with Crippen molar-refractivity contribution < 1.29 is 14.3 Å². The molecule has 1 N–H and O–H groups in total. The molecule has 0 aliphatic heterocycles. The van der Waals surface area contributed by atoms with Crippen LogP contribution < -0.4 is 10.1 Å². The number of hydrogen-bond donors (Lipinski definition) is 1. The predicted octanol–water partition coefficient (Wildman–Crippen LogP) is 3.27. The Kier molecular flexibility index (Phi) is 5.24. The van der Waals surface area contributed by atoms with Gasteiger partial charge in [-0.3, -0.25) is 9.59 Å². The third kappa shape index (κ3) is 3.56. The second kappa shape index (κ2) is 7.17. The molecule has 0 heterocycles. The Morgan fingerprint density at radius 2 is 1.75 bits per heavy atom. The standard InChI is InChI=1S/C19H22N2O3/c1-12-9-10-15(17(11-12)24-5)18(22)20-16-8-6-7-14(13(16)2)19(23)21(3)4/h6-11H,1-5H3,(H,20,22). The van der Waals surface area contributed by atoms with Gasteiger partial charge in [-0.2, -0.15) is 0 Å². The second-order valence-corrected chi connectivity index (χ2v) is 5.84. The van der Waals surface area contributed by atoms with E-state index in [1.807, 2.05) is 26.0 Å². The first-order chi connectivity index (χ1) is 11.3. The summed E-state index contributed by atoms with van der Waals surface area (Å²) in [5.41, 5.74) is 3.37. The first-order valence-electron chi connectivity index (χ1n) is 7.62. The highest BCUT2D eigenvalue weighted by Gasteiger charge is 2.17. The molecule has 24 heavy (non-hydrogen) atoms. The Morgan fingerprint density at radius 1 is 1.04 bits per heavy atom. The summed E-state index contributed by atoms with van der Waals surface area (Å²) in [5, 5.41) is 2.87. The summed E-state index contributed by atoms with van der Waals surface area (Å²) < 4.78 is 5.29. The summed E-state index contributed by atoms with van der Waals surface area (Å²) in [6.45, 7) is 3.75. The van der Waals surface area contributed by atoms with Crippen LogP contribution in [0.4, 0.5) is 5.69 Å². The maximum Gasteiger partial charge on any atom is 0.259 e. The highest BCUT2D eigenvalue weighted by molar-refractivity contribution is 6.07. The first-order valence-corrected chi connectivity index (χ1v) is 7.62. The van der Waals surface area contributed by atoms with Crippen LogP contribution in [-0.4, -0.2) is 37.9 Å². The Labute approximate surface area is 142 Å². The van der Waals surface area contributed by atoms with E-state index in [2.05, 4.69) is 5.32 Å². The van der Waals surface area contributed by atoms with Crippen LogP contribution in [0.15, 0.2) is 36.4 Å². The summed E-state index contributed by atoms with van der Waals surface area (Å²) in [6, 6.07) is 10.7. The Balaban J connectivity index is 2.33. The Morgan fingerprint density at radius 3 is 2.38 bits per heavy atom. The zero-order valence-corrected chi connectivity index (χ0v) is 14.6. The molecule has 0 radical (unpaired) electrons. The van der Waals surface area contributed by atoms with Gasteiger partial charge >= 0.3 is 0 Å². The van der Waals surface area contributed by atoms with Crippen LogP contribution in [0.25, 0.3) is 0 Å². The summed E-state index contributed by atoms with van der Waals surface area (Å²) in [5.74, 6) is 0.145. The molecule has 0 bridgehead atoms. The third-order valence-corrected chi connectivity index (χ3v) is 3.82. The number of nitrogens with zero attached hydrogens (tertiary/aromatic N) is 1. The molecule has 0 fully saturated rings. The van der Waals surface area contributed by atoms with Crippen molar-refractivity contribution in [1.82, 2.24) is 4.90 Å². The fourth-order valence-electron chi connectivity index (χ4n) is 2.42. The van der Waals surface area contributed by atoms with Gasteiger partial charge in [0.2, 0.25) is 0 Å². The summed E-state index contributed by atoms with van der Waals surface area (Å²) in [6.07, 6.45) is 0. The lowest BCUT2D eigenvalue weighted by molar-refractivity contribution is 0.0826. The van der Waals surface area contributed by atoms with Gasteiger partial charge in [0.1, 0.15) is 5.75 Å². The second-order valence-electron chi connectivity index (χ2n) is 5.84. The maximum absolute atomic E-state index is 12.6. The SMILES string of the molecule is COc1cc(C)ccc1C(=O)Nc1cccc(C(=O)N(C)C)c1C. The molecule has 0 saturated carbocycles. The van der Waals surface area contributed by atoms with Crippen molar-refractivity contribution in [2.45, 2.75) is 13.8 Å². The molecule has 5 heteroatoms. The number of anilines is 1. The highest BCUT2D eigenvalue weighted by atomic mass is 16.5. The average Bonchev–Trinajstić information content (AvgIpc) is 2.55. The first kappa shape index (κ1) is 17.5. The van der Waals surface area contributed by atoms with Crippen LogP contribution in [-0.2, 0) is 0 Å². The zero-order valence-electron chi connectivity index (χ0n) is 14.6. The third-order valence-electron chi connectivity index (χ3n) is 3.82. The van der Waals surface area contributed by atoms with Crippen molar-refractivity contribution in [1.29, 1.82) is 0 Å². The minimum atomic E-state index is -0.274. The maximum atomic E-state index is 12.6. The van der Waals surface area contributed by atoms with E-state index >= 15 is 0 Å². The molecule has 0 atom stereocenters. The van der Waals surface area contributed by atoms with Crippen molar-refractivity contribution >= 4 is 17.5 Å². The van der Waals surface area contributed by atoms with Crippen molar-refractivity contribution in [2.24, 2.45) is 0 Å².